The number of hydrogen-bond acceptors (Lipinski definition) is 2. The van der Waals surface area contributed by atoms with Gasteiger partial charge in [0.25, 0.3) is 0 Å². The van der Waals surface area contributed by atoms with Gasteiger partial charge in [-0.3, -0.25) is 9.69 Å². The van der Waals surface area contributed by atoms with Crippen LogP contribution in [0.4, 0.5) is 5.69 Å². The van der Waals surface area contributed by atoms with Crippen LogP contribution in [0.25, 0.3) is 0 Å². The van der Waals surface area contributed by atoms with Crippen LogP contribution >= 0.6 is 0 Å². The van der Waals surface area contributed by atoms with Crippen LogP contribution in [0, 0.1) is 6.92 Å². The second-order valence-electron chi connectivity index (χ2n) is 8.42. The van der Waals surface area contributed by atoms with Crippen LogP contribution in [-0.4, -0.2) is 23.9 Å². The maximum atomic E-state index is 12.1. The minimum Gasteiger partial charge on any atom is -0.325 e. The fourth-order valence-corrected chi connectivity index (χ4v) is 4.24. The monoisotopic (exact) mass is 348 g/mol. The number of hydrogen-bond donors (Lipinski definition) is 1. The summed E-state index contributed by atoms with van der Waals surface area (Å²) in [5.74, 6) is 0.788. The summed E-state index contributed by atoms with van der Waals surface area (Å²) in [7, 11) is 0. The third-order valence-corrected chi connectivity index (χ3v) is 6.12. The molecule has 0 saturated carbocycles. The number of aryl methyl sites for hydroxylation is 1. The molecule has 3 nitrogen and oxygen atoms in total. The number of carbonyl (C=O) groups excluding carboxylic acids is 1. The Morgan fingerprint density at radius 2 is 1.77 bits per heavy atom. The number of benzene rings is 2. The van der Waals surface area contributed by atoms with Crippen molar-refractivity contribution in [3.63, 3.8) is 0 Å². The van der Waals surface area contributed by atoms with Crippen LogP contribution in [0.3, 0.4) is 0 Å². The Balaban J connectivity index is 1.40. The molecule has 1 N–H and O–H groups in total. The normalized spacial score (nSPS) is 20.0. The Hall–Kier alpha value is -2.13. The summed E-state index contributed by atoms with van der Waals surface area (Å²) in [6.45, 7) is 9.40. The van der Waals surface area contributed by atoms with Crippen LogP contribution < -0.4 is 5.32 Å². The average molecular weight is 348 g/mol. The van der Waals surface area contributed by atoms with Crippen LogP contribution in [0.1, 0.15) is 54.9 Å². The van der Waals surface area contributed by atoms with Crippen molar-refractivity contribution in [2.75, 3.05) is 18.4 Å². The first-order valence-electron chi connectivity index (χ1n) is 9.67. The van der Waals surface area contributed by atoms with E-state index in [1.165, 1.54) is 29.5 Å². The Morgan fingerprint density at radius 1 is 1.08 bits per heavy atom. The smallest absolute Gasteiger partial charge is 0.234 e. The van der Waals surface area contributed by atoms with Gasteiger partial charge in [0.15, 0.2) is 0 Å². The SMILES string of the molecule is Cc1ccc(C2CCN(Cc3ccc4c(c3)C(C)(C)C(=O)N4)CC2)cc1. The van der Waals surface area contributed by atoms with E-state index in [2.05, 4.69) is 59.6 Å². The summed E-state index contributed by atoms with van der Waals surface area (Å²) in [5, 5.41) is 2.99. The van der Waals surface area contributed by atoms with Crippen molar-refractivity contribution in [2.45, 2.75) is 51.5 Å². The quantitative estimate of drug-likeness (QED) is 0.879. The molecular weight excluding hydrogens is 320 g/mol. The van der Waals surface area contributed by atoms with E-state index in [9.17, 15) is 4.79 Å². The van der Waals surface area contributed by atoms with Crippen molar-refractivity contribution >= 4 is 11.6 Å². The van der Waals surface area contributed by atoms with Gasteiger partial charge in [-0.05, 0) is 75.4 Å². The highest BCUT2D eigenvalue weighted by atomic mass is 16.2. The molecule has 2 heterocycles. The lowest BCUT2D eigenvalue weighted by Gasteiger charge is -2.32. The maximum absolute atomic E-state index is 12.1. The summed E-state index contributed by atoms with van der Waals surface area (Å²) < 4.78 is 0. The molecule has 0 spiro atoms. The zero-order valence-corrected chi connectivity index (χ0v) is 16.0. The lowest BCUT2D eigenvalue weighted by molar-refractivity contribution is -0.119. The molecule has 2 aliphatic rings. The third-order valence-electron chi connectivity index (χ3n) is 6.12. The molecule has 0 aliphatic carbocycles. The molecule has 2 aromatic rings. The van der Waals surface area contributed by atoms with Gasteiger partial charge in [-0.25, -0.2) is 0 Å². The van der Waals surface area contributed by atoms with Gasteiger partial charge in [0.1, 0.15) is 0 Å². The third kappa shape index (κ3) is 3.16. The minimum absolute atomic E-state index is 0.101. The molecule has 136 valence electrons. The highest BCUT2D eigenvalue weighted by Gasteiger charge is 2.38. The van der Waals surface area contributed by atoms with Gasteiger partial charge in [0, 0.05) is 12.2 Å². The first-order valence-corrected chi connectivity index (χ1v) is 9.67. The Morgan fingerprint density at radius 3 is 2.46 bits per heavy atom. The standard InChI is InChI=1S/C23H28N2O/c1-16-4-7-18(8-5-16)19-10-12-25(13-11-19)15-17-6-9-21-20(14-17)23(2,3)22(26)24-21/h4-9,14,19H,10-13,15H2,1-3H3,(H,24,26). The molecule has 26 heavy (non-hydrogen) atoms. The topological polar surface area (TPSA) is 32.3 Å². The molecule has 0 atom stereocenters. The first kappa shape index (κ1) is 17.3. The predicted molar refractivity (Wildman–Crippen MR) is 107 cm³/mol. The number of nitrogens with zero attached hydrogens (tertiary/aromatic N) is 1. The average Bonchev–Trinajstić information content (AvgIpc) is 2.86. The van der Waals surface area contributed by atoms with Gasteiger partial charge in [-0.15, -0.1) is 0 Å². The Bertz CT molecular complexity index is 815. The zero-order valence-electron chi connectivity index (χ0n) is 16.0. The molecule has 3 heteroatoms. The second kappa shape index (κ2) is 6.55. The fraction of sp³-hybridized carbons (Fsp3) is 0.435. The van der Waals surface area contributed by atoms with Gasteiger partial charge < -0.3 is 5.32 Å². The van der Waals surface area contributed by atoms with Crippen LogP contribution in [0.5, 0.6) is 0 Å². The van der Waals surface area contributed by atoms with Crippen molar-refractivity contribution in [3.05, 3.63) is 64.7 Å². The number of nitrogens with one attached hydrogen (secondary N) is 1. The van der Waals surface area contributed by atoms with Gasteiger partial charge in [-0.1, -0.05) is 42.0 Å². The van der Waals surface area contributed by atoms with Gasteiger partial charge >= 0.3 is 0 Å². The number of piperidine rings is 1. The molecule has 4 rings (SSSR count). The lowest BCUT2D eigenvalue weighted by Crippen LogP contribution is -2.32. The minimum atomic E-state index is -0.427. The van der Waals surface area contributed by atoms with E-state index >= 15 is 0 Å². The van der Waals surface area contributed by atoms with Crippen molar-refractivity contribution < 1.29 is 4.79 Å². The van der Waals surface area contributed by atoms with Gasteiger partial charge in [0.2, 0.25) is 5.91 Å². The molecule has 0 unspecified atom stereocenters. The summed E-state index contributed by atoms with van der Waals surface area (Å²) in [4.78, 5) is 14.7. The number of amides is 1. The van der Waals surface area contributed by atoms with E-state index in [-0.39, 0.29) is 5.91 Å². The molecule has 2 aromatic carbocycles. The van der Waals surface area contributed by atoms with Crippen LogP contribution in [0.15, 0.2) is 42.5 Å². The van der Waals surface area contributed by atoms with Gasteiger partial charge in [0.05, 0.1) is 5.41 Å². The molecular formula is C23H28N2O. The predicted octanol–water partition coefficient (Wildman–Crippen LogP) is 4.60. The maximum Gasteiger partial charge on any atom is 0.234 e. The number of anilines is 1. The van der Waals surface area contributed by atoms with Crippen molar-refractivity contribution in [3.8, 4) is 0 Å². The molecule has 0 radical (unpaired) electrons. The molecule has 1 amide bonds. The fourth-order valence-electron chi connectivity index (χ4n) is 4.24. The summed E-state index contributed by atoms with van der Waals surface area (Å²) in [5.41, 5.74) is 5.81. The molecule has 2 aliphatic heterocycles. The van der Waals surface area contributed by atoms with Crippen molar-refractivity contribution in [1.29, 1.82) is 0 Å². The molecule has 0 aromatic heterocycles. The molecule has 1 saturated heterocycles. The lowest BCUT2D eigenvalue weighted by atomic mass is 9.85. The van der Waals surface area contributed by atoms with Crippen molar-refractivity contribution in [2.24, 2.45) is 0 Å². The Kier molecular flexibility index (Phi) is 4.36. The van der Waals surface area contributed by atoms with Crippen LogP contribution in [0.2, 0.25) is 0 Å². The van der Waals surface area contributed by atoms with E-state index in [1.807, 2.05) is 13.8 Å². The molecule has 0 bridgehead atoms. The zero-order chi connectivity index (χ0) is 18.3. The van der Waals surface area contributed by atoms with Crippen LogP contribution in [-0.2, 0) is 16.8 Å². The second-order valence-corrected chi connectivity index (χ2v) is 8.42. The van der Waals surface area contributed by atoms with Gasteiger partial charge in [-0.2, -0.15) is 0 Å². The van der Waals surface area contributed by atoms with Crippen molar-refractivity contribution in [1.82, 2.24) is 4.90 Å². The number of rotatable bonds is 3. The Labute approximate surface area is 156 Å². The largest absolute Gasteiger partial charge is 0.325 e. The van der Waals surface area contributed by atoms with E-state index < -0.39 is 5.41 Å². The highest BCUT2D eigenvalue weighted by molar-refractivity contribution is 6.05. The van der Waals surface area contributed by atoms with E-state index in [4.69, 9.17) is 0 Å². The summed E-state index contributed by atoms with van der Waals surface area (Å²) in [6.07, 6.45) is 2.44. The first-order chi connectivity index (χ1) is 12.4. The number of likely N-dealkylation sites (tertiary alicyclic amines) is 1. The van der Waals surface area contributed by atoms with E-state index in [0.717, 1.165) is 30.9 Å². The summed E-state index contributed by atoms with van der Waals surface area (Å²) in [6, 6.07) is 15.5. The highest BCUT2D eigenvalue weighted by Crippen LogP contribution is 2.38. The molecule has 1 fully saturated rings. The van der Waals surface area contributed by atoms with E-state index in [0.29, 0.717) is 5.92 Å². The number of carbonyl (C=O) groups is 1. The van der Waals surface area contributed by atoms with E-state index in [1.54, 1.807) is 0 Å². The number of fused-ring (bicyclic) bond motifs is 1. The summed E-state index contributed by atoms with van der Waals surface area (Å²) >= 11 is 0.